The molecule has 7 heteroatoms. The summed E-state index contributed by atoms with van der Waals surface area (Å²) in [5, 5.41) is -0.666. The van der Waals surface area contributed by atoms with E-state index >= 15 is 0 Å². The van der Waals surface area contributed by atoms with E-state index in [4.69, 9.17) is 23.2 Å². The second-order valence-electron chi connectivity index (χ2n) is 2.72. The first-order chi connectivity index (χ1) is 7.47. The van der Waals surface area contributed by atoms with Crippen LogP contribution in [0.15, 0.2) is 6.07 Å². The molecule has 88 valence electrons. The van der Waals surface area contributed by atoms with Gasteiger partial charge in [0.2, 0.25) is 0 Å². The third kappa shape index (κ3) is 2.80. The predicted molar refractivity (Wildman–Crippen MR) is 55.2 cm³/mol. The van der Waals surface area contributed by atoms with Crippen LogP contribution in [0.2, 0.25) is 10.2 Å². The van der Waals surface area contributed by atoms with Crippen molar-refractivity contribution in [2.24, 2.45) is 0 Å². The van der Waals surface area contributed by atoms with Crippen molar-refractivity contribution in [3.63, 3.8) is 0 Å². The number of aromatic nitrogens is 1. The van der Waals surface area contributed by atoms with E-state index < -0.39 is 28.7 Å². The number of pyridine rings is 1. The quantitative estimate of drug-likeness (QED) is 0.623. The van der Waals surface area contributed by atoms with Gasteiger partial charge in [-0.3, -0.25) is 0 Å². The van der Waals surface area contributed by atoms with Crippen LogP contribution >= 0.6 is 23.2 Å². The van der Waals surface area contributed by atoms with Crippen LogP contribution in [0.4, 0.5) is 8.78 Å². The third-order valence-electron chi connectivity index (χ3n) is 1.66. The number of halogens is 4. The van der Waals surface area contributed by atoms with Crippen molar-refractivity contribution in [3.8, 4) is 0 Å². The number of ether oxygens (including phenoxy) is 1. The minimum absolute atomic E-state index is 0.0906. The zero-order chi connectivity index (χ0) is 12.3. The van der Waals surface area contributed by atoms with Crippen LogP contribution in [0.25, 0.3) is 0 Å². The summed E-state index contributed by atoms with van der Waals surface area (Å²) in [5.74, 6) is -0.878. The lowest BCUT2D eigenvalue weighted by atomic mass is 10.2. The Balaban J connectivity index is 3.24. The summed E-state index contributed by atoms with van der Waals surface area (Å²) < 4.78 is 29.6. The second kappa shape index (κ2) is 5.41. The molecule has 0 saturated heterocycles. The van der Waals surface area contributed by atoms with E-state index in [-0.39, 0.29) is 11.8 Å². The maximum absolute atomic E-state index is 12.5. The van der Waals surface area contributed by atoms with Gasteiger partial charge in [-0.1, -0.05) is 23.2 Å². The van der Waals surface area contributed by atoms with Crippen LogP contribution in [0, 0.1) is 0 Å². The average molecular weight is 270 g/mol. The van der Waals surface area contributed by atoms with Gasteiger partial charge in [-0.15, -0.1) is 0 Å². The number of rotatable bonds is 3. The van der Waals surface area contributed by atoms with Crippen molar-refractivity contribution in [1.29, 1.82) is 0 Å². The Morgan fingerprint density at radius 1 is 1.56 bits per heavy atom. The molecule has 0 aromatic carbocycles. The van der Waals surface area contributed by atoms with Crippen LogP contribution in [0.3, 0.4) is 0 Å². The molecular weight excluding hydrogens is 263 g/mol. The fourth-order valence-electron chi connectivity index (χ4n) is 1.01. The molecule has 0 aliphatic carbocycles. The van der Waals surface area contributed by atoms with Crippen molar-refractivity contribution in [1.82, 2.24) is 4.98 Å². The molecule has 0 radical (unpaired) electrons. The molecular formula is C9H7Cl2F2NO2. The van der Waals surface area contributed by atoms with E-state index in [1.807, 2.05) is 0 Å². The molecule has 0 aliphatic rings. The smallest absolute Gasteiger partial charge is 0.358 e. The van der Waals surface area contributed by atoms with Crippen LogP contribution < -0.4 is 0 Å². The Morgan fingerprint density at radius 3 is 2.69 bits per heavy atom. The van der Waals surface area contributed by atoms with E-state index in [2.05, 4.69) is 9.72 Å². The number of carbonyl (C=O) groups is 1. The summed E-state index contributed by atoms with van der Waals surface area (Å²) in [4.78, 5) is 14.9. The highest BCUT2D eigenvalue weighted by Crippen LogP contribution is 2.31. The minimum atomic E-state index is -2.83. The van der Waals surface area contributed by atoms with Gasteiger partial charge in [0, 0.05) is 5.56 Å². The Bertz CT molecular complexity index is 413. The molecule has 1 aromatic heterocycles. The summed E-state index contributed by atoms with van der Waals surface area (Å²) in [6.45, 7) is 1.66. The molecule has 0 amide bonds. The highest BCUT2D eigenvalue weighted by molar-refractivity contribution is 6.35. The number of esters is 1. The summed E-state index contributed by atoms with van der Waals surface area (Å²) in [6.07, 6.45) is -2.83. The average Bonchev–Trinajstić information content (AvgIpc) is 2.20. The van der Waals surface area contributed by atoms with E-state index in [1.165, 1.54) is 0 Å². The number of nitrogens with zero attached hydrogens (tertiary/aromatic N) is 1. The topological polar surface area (TPSA) is 39.2 Å². The predicted octanol–water partition coefficient (Wildman–Crippen LogP) is 3.50. The standard InChI is InChI=1S/C9H7Cl2F2NO2/c1-2-16-9(15)7-6(11)4(8(12)13)3-5(10)14-7/h3,8H,2H2,1H3. The van der Waals surface area contributed by atoms with Crippen molar-refractivity contribution in [2.45, 2.75) is 13.3 Å². The van der Waals surface area contributed by atoms with Crippen molar-refractivity contribution < 1.29 is 18.3 Å². The second-order valence-corrected chi connectivity index (χ2v) is 3.48. The third-order valence-corrected chi connectivity index (χ3v) is 2.25. The molecule has 1 heterocycles. The number of carbonyl (C=O) groups excluding carboxylic acids is 1. The molecule has 0 fully saturated rings. The minimum Gasteiger partial charge on any atom is -0.461 e. The number of hydrogen-bond acceptors (Lipinski definition) is 3. The normalized spacial score (nSPS) is 10.6. The number of hydrogen-bond donors (Lipinski definition) is 0. The Morgan fingerprint density at radius 2 is 2.19 bits per heavy atom. The van der Waals surface area contributed by atoms with Crippen molar-refractivity contribution >= 4 is 29.2 Å². The van der Waals surface area contributed by atoms with Gasteiger partial charge in [0.15, 0.2) is 5.69 Å². The molecule has 0 bridgehead atoms. The zero-order valence-electron chi connectivity index (χ0n) is 8.14. The van der Waals surface area contributed by atoms with E-state index in [1.54, 1.807) is 6.92 Å². The van der Waals surface area contributed by atoms with Crippen LogP contribution in [0.5, 0.6) is 0 Å². The SMILES string of the molecule is CCOC(=O)c1nc(Cl)cc(C(F)F)c1Cl. The molecule has 0 unspecified atom stereocenters. The Kier molecular flexibility index (Phi) is 4.44. The fraction of sp³-hybridized carbons (Fsp3) is 0.333. The first-order valence-electron chi connectivity index (χ1n) is 4.28. The van der Waals surface area contributed by atoms with Gasteiger partial charge in [-0.2, -0.15) is 0 Å². The first-order valence-corrected chi connectivity index (χ1v) is 5.04. The van der Waals surface area contributed by atoms with E-state index in [9.17, 15) is 13.6 Å². The van der Waals surface area contributed by atoms with Gasteiger partial charge in [-0.25, -0.2) is 18.6 Å². The fourth-order valence-corrected chi connectivity index (χ4v) is 1.47. The summed E-state index contributed by atoms with van der Waals surface area (Å²) >= 11 is 11.1. The molecule has 1 aromatic rings. The highest BCUT2D eigenvalue weighted by atomic mass is 35.5. The maximum atomic E-state index is 12.5. The van der Waals surface area contributed by atoms with E-state index in [0.29, 0.717) is 0 Å². The lowest BCUT2D eigenvalue weighted by Crippen LogP contribution is -2.09. The molecule has 16 heavy (non-hydrogen) atoms. The largest absolute Gasteiger partial charge is 0.461 e. The van der Waals surface area contributed by atoms with Crippen LogP contribution in [-0.4, -0.2) is 17.6 Å². The van der Waals surface area contributed by atoms with Crippen molar-refractivity contribution in [3.05, 3.63) is 27.5 Å². The zero-order valence-corrected chi connectivity index (χ0v) is 9.65. The maximum Gasteiger partial charge on any atom is 0.358 e. The molecule has 0 N–H and O–H groups in total. The molecule has 3 nitrogen and oxygen atoms in total. The molecule has 0 atom stereocenters. The van der Waals surface area contributed by atoms with Crippen molar-refractivity contribution in [2.75, 3.05) is 6.61 Å². The van der Waals surface area contributed by atoms with Gasteiger partial charge >= 0.3 is 5.97 Å². The lowest BCUT2D eigenvalue weighted by molar-refractivity contribution is 0.0519. The van der Waals surface area contributed by atoms with Gasteiger partial charge in [0.1, 0.15) is 5.15 Å². The van der Waals surface area contributed by atoms with Gasteiger partial charge in [0.05, 0.1) is 11.6 Å². The molecule has 0 saturated carbocycles. The Labute approximate surface area is 100 Å². The first kappa shape index (κ1) is 13.1. The van der Waals surface area contributed by atoms with Gasteiger partial charge in [0.25, 0.3) is 6.43 Å². The molecule has 0 spiro atoms. The van der Waals surface area contributed by atoms with Crippen LogP contribution in [0.1, 0.15) is 29.4 Å². The van der Waals surface area contributed by atoms with Gasteiger partial charge < -0.3 is 4.74 Å². The lowest BCUT2D eigenvalue weighted by Gasteiger charge is -2.08. The summed E-state index contributed by atoms with van der Waals surface area (Å²) in [5.41, 5.74) is -0.934. The highest BCUT2D eigenvalue weighted by Gasteiger charge is 2.22. The van der Waals surface area contributed by atoms with Gasteiger partial charge in [-0.05, 0) is 13.0 Å². The monoisotopic (exact) mass is 269 g/mol. The summed E-state index contributed by atoms with van der Waals surface area (Å²) in [7, 11) is 0. The molecule has 1 rings (SSSR count). The van der Waals surface area contributed by atoms with E-state index in [0.717, 1.165) is 6.07 Å². The molecule has 0 aliphatic heterocycles. The Hall–Kier alpha value is -0.940. The number of alkyl halides is 2. The van der Waals surface area contributed by atoms with Crippen LogP contribution in [-0.2, 0) is 4.74 Å². The summed E-state index contributed by atoms with van der Waals surface area (Å²) in [6, 6.07) is 0.914.